The monoisotopic (exact) mass is 534 g/mol. The van der Waals surface area contributed by atoms with Gasteiger partial charge in [-0.3, -0.25) is 4.79 Å². The van der Waals surface area contributed by atoms with Gasteiger partial charge < -0.3 is 24.8 Å². The summed E-state index contributed by atoms with van der Waals surface area (Å²) >= 11 is 0. The van der Waals surface area contributed by atoms with Gasteiger partial charge in [-0.2, -0.15) is 0 Å². The lowest BCUT2D eigenvalue weighted by Gasteiger charge is -2.42. The molecular weight excluding hydrogens is 480 g/mol. The second-order valence-corrected chi connectivity index (χ2v) is 12.7. The van der Waals surface area contributed by atoms with E-state index in [9.17, 15) is 15.0 Å². The molecule has 0 aromatic heterocycles. The van der Waals surface area contributed by atoms with Crippen LogP contribution in [0.15, 0.2) is 34.9 Å². The van der Waals surface area contributed by atoms with Gasteiger partial charge in [-0.15, -0.1) is 0 Å². The van der Waals surface area contributed by atoms with Crippen LogP contribution in [0.2, 0.25) is 0 Å². The van der Waals surface area contributed by atoms with E-state index in [0.717, 1.165) is 56.1 Å². The van der Waals surface area contributed by atoms with Gasteiger partial charge in [-0.25, -0.2) is 0 Å². The number of esters is 1. The third kappa shape index (κ3) is 9.04. The van der Waals surface area contributed by atoms with Gasteiger partial charge in [0, 0.05) is 6.92 Å². The maximum Gasteiger partial charge on any atom is 0.302 e. The zero-order chi connectivity index (χ0) is 28.6. The smallest absolute Gasteiger partial charge is 0.302 e. The van der Waals surface area contributed by atoms with Crippen molar-refractivity contribution in [2.24, 2.45) is 11.3 Å². The van der Waals surface area contributed by atoms with Gasteiger partial charge in [0.1, 0.15) is 6.61 Å². The first kappa shape index (κ1) is 32.7. The van der Waals surface area contributed by atoms with Crippen molar-refractivity contribution in [3.63, 3.8) is 0 Å². The number of hydrogen-bond donors (Lipinski definition) is 3. The Morgan fingerprint density at radius 2 is 1.74 bits per heavy atom. The molecule has 0 saturated carbocycles. The summed E-state index contributed by atoms with van der Waals surface area (Å²) in [6, 6.07) is 0. The first-order valence-corrected chi connectivity index (χ1v) is 14.5. The van der Waals surface area contributed by atoms with E-state index in [4.69, 9.17) is 14.6 Å². The largest absolute Gasteiger partial charge is 0.461 e. The highest BCUT2D eigenvalue weighted by Gasteiger charge is 2.61. The molecular formula is C32H54O6. The van der Waals surface area contributed by atoms with Crippen molar-refractivity contribution in [2.45, 2.75) is 136 Å². The zero-order valence-corrected chi connectivity index (χ0v) is 25.0. The average Bonchev–Trinajstić information content (AvgIpc) is 3.34. The molecule has 2 bridgehead atoms. The number of aliphatic hydroxyl groups is 3. The van der Waals surface area contributed by atoms with Crippen molar-refractivity contribution in [2.75, 3.05) is 13.2 Å². The van der Waals surface area contributed by atoms with E-state index in [2.05, 4.69) is 32.9 Å². The Hall–Kier alpha value is -1.47. The highest BCUT2D eigenvalue weighted by atomic mass is 16.5. The Morgan fingerprint density at radius 3 is 2.39 bits per heavy atom. The van der Waals surface area contributed by atoms with E-state index in [1.807, 2.05) is 19.9 Å². The summed E-state index contributed by atoms with van der Waals surface area (Å²) < 4.78 is 11.7. The molecule has 6 atom stereocenters. The minimum absolute atomic E-state index is 0.0228. The van der Waals surface area contributed by atoms with E-state index in [1.165, 1.54) is 12.5 Å². The molecule has 2 aliphatic rings. The Bertz CT molecular complexity index is 871. The maximum absolute atomic E-state index is 11.1. The Balaban J connectivity index is 1.88. The molecule has 6 nitrogen and oxygen atoms in total. The van der Waals surface area contributed by atoms with Crippen molar-refractivity contribution in [1.82, 2.24) is 0 Å². The van der Waals surface area contributed by atoms with Crippen LogP contribution < -0.4 is 0 Å². The van der Waals surface area contributed by atoms with E-state index < -0.39 is 11.7 Å². The van der Waals surface area contributed by atoms with Crippen LogP contribution in [0.3, 0.4) is 0 Å². The molecule has 2 fully saturated rings. The average molecular weight is 535 g/mol. The fourth-order valence-electron chi connectivity index (χ4n) is 6.49. The van der Waals surface area contributed by atoms with Crippen molar-refractivity contribution >= 4 is 5.97 Å². The first-order chi connectivity index (χ1) is 17.7. The topological polar surface area (TPSA) is 96.2 Å². The molecule has 0 spiro atoms. The van der Waals surface area contributed by atoms with E-state index in [0.29, 0.717) is 37.9 Å². The fourth-order valence-corrected chi connectivity index (χ4v) is 6.49. The predicted octanol–water partition coefficient (Wildman–Crippen LogP) is 6.19. The Morgan fingerprint density at radius 1 is 1.08 bits per heavy atom. The lowest BCUT2D eigenvalue weighted by atomic mass is 9.60. The van der Waals surface area contributed by atoms with Crippen LogP contribution in [0.1, 0.15) is 113 Å². The molecule has 2 rings (SSSR count). The molecule has 2 heterocycles. The minimum Gasteiger partial charge on any atom is -0.461 e. The van der Waals surface area contributed by atoms with Gasteiger partial charge in [0.2, 0.25) is 0 Å². The number of rotatable bonds is 16. The summed E-state index contributed by atoms with van der Waals surface area (Å²) in [6.45, 7) is 14.2. The summed E-state index contributed by atoms with van der Waals surface area (Å²) in [5.74, 6) is 0.242. The van der Waals surface area contributed by atoms with Crippen LogP contribution in [0.4, 0.5) is 0 Å². The fraction of sp³-hybridized carbons (Fsp3) is 0.781. The number of ether oxygens (including phenoxy) is 2. The van der Waals surface area contributed by atoms with Crippen LogP contribution in [-0.4, -0.2) is 57.9 Å². The second-order valence-electron chi connectivity index (χ2n) is 12.7. The number of carbonyl (C=O) groups excluding carboxylic acids is 1. The maximum atomic E-state index is 11.1. The molecule has 218 valence electrons. The lowest BCUT2D eigenvalue weighted by Crippen LogP contribution is -2.42. The van der Waals surface area contributed by atoms with Gasteiger partial charge in [0.25, 0.3) is 0 Å². The standard InChI is InChI=1S/C32H54O6/c1-23(15-16-28(35)31(6,36)19-10-12-24(2)21-33)11-8-14-27-30(5,29-17-20-32(27,7)38-29)18-9-13-25(3)22-37-26(4)34/h11-13,27-29,33,35-36H,8-10,14-22H2,1-7H3/b23-11+,24-12+,25-13+. The molecule has 2 saturated heterocycles. The summed E-state index contributed by atoms with van der Waals surface area (Å²) in [4.78, 5) is 11.1. The number of hydrogen-bond acceptors (Lipinski definition) is 6. The first-order valence-electron chi connectivity index (χ1n) is 14.5. The lowest BCUT2D eigenvalue weighted by molar-refractivity contribution is -0.139. The van der Waals surface area contributed by atoms with Crippen LogP contribution in [0, 0.1) is 11.3 Å². The molecule has 0 amide bonds. The molecule has 0 aromatic carbocycles. The van der Waals surface area contributed by atoms with Crippen molar-refractivity contribution in [1.29, 1.82) is 0 Å². The van der Waals surface area contributed by atoms with Crippen LogP contribution >= 0.6 is 0 Å². The van der Waals surface area contributed by atoms with Gasteiger partial charge in [0.15, 0.2) is 0 Å². The van der Waals surface area contributed by atoms with Crippen molar-refractivity contribution < 1.29 is 29.6 Å². The van der Waals surface area contributed by atoms with Crippen molar-refractivity contribution in [3.05, 3.63) is 34.9 Å². The number of fused-ring (bicyclic) bond motifs is 2. The molecule has 38 heavy (non-hydrogen) atoms. The third-order valence-electron chi connectivity index (χ3n) is 9.13. The summed E-state index contributed by atoms with van der Waals surface area (Å²) in [5, 5.41) is 30.4. The summed E-state index contributed by atoms with van der Waals surface area (Å²) in [5.41, 5.74) is 2.14. The third-order valence-corrected chi connectivity index (χ3v) is 9.13. The van der Waals surface area contributed by atoms with Gasteiger partial charge in [0.05, 0.1) is 30.0 Å². The molecule has 6 unspecified atom stereocenters. The molecule has 2 aliphatic heterocycles. The second kappa shape index (κ2) is 14.2. The van der Waals surface area contributed by atoms with Crippen LogP contribution in [0.25, 0.3) is 0 Å². The number of carbonyl (C=O) groups is 1. The molecule has 6 heteroatoms. The Kier molecular flexibility index (Phi) is 12.3. The SMILES string of the molecule is CC(=O)OC/C(C)=C/CCC1(C)C2CCC(C)(O2)C1CC/C=C(\C)CCC(O)C(C)(O)CC/C=C(\C)CO. The molecule has 0 aromatic rings. The molecule has 0 radical (unpaired) electrons. The Labute approximate surface area is 231 Å². The summed E-state index contributed by atoms with van der Waals surface area (Å²) in [6.07, 6.45) is 14.6. The summed E-state index contributed by atoms with van der Waals surface area (Å²) in [7, 11) is 0. The number of allylic oxidation sites excluding steroid dienone is 4. The van der Waals surface area contributed by atoms with Gasteiger partial charge >= 0.3 is 5.97 Å². The quantitative estimate of drug-likeness (QED) is 0.161. The van der Waals surface area contributed by atoms with E-state index >= 15 is 0 Å². The molecule has 3 N–H and O–H groups in total. The normalized spacial score (nSPS) is 30.4. The minimum atomic E-state index is -1.14. The zero-order valence-electron chi connectivity index (χ0n) is 25.0. The van der Waals surface area contributed by atoms with Crippen molar-refractivity contribution in [3.8, 4) is 0 Å². The van der Waals surface area contributed by atoms with Crippen LogP contribution in [-0.2, 0) is 14.3 Å². The molecule has 0 aliphatic carbocycles. The van der Waals surface area contributed by atoms with Crippen LogP contribution in [0.5, 0.6) is 0 Å². The predicted molar refractivity (Wildman–Crippen MR) is 153 cm³/mol. The number of aliphatic hydroxyl groups excluding tert-OH is 2. The van der Waals surface area contributed by atoms with E-state index in [1.54, 1.807) is 6.92 Å². The highest BCUT2D eigenvalue weighted by Crippen LogP contribution is 2.61. The van der Waals surface area contributed by atoms with E-state index in [-0.39, 0.29) is 23.6 Å². The highest BCUT2D eigenvalue weighted by molar-refractivity contribution is 5.66. The van der Waals surface area contributed by atoms with Gasteiger partial charge in [-0.1, -0.05) is 36.3 Å². The van der Waals surface area contributed by atoms with Gasteiger partial charge in [-0.05, 0) is 116 Å².